The van der Waals surface area contributed by atoms with E-state index in [-0.39, 0.29) is 5.69 Å². The van der Waals surface area contributed by atoms with Gasteiger partial charge in [0.25, 0.3) is 11.7 Å². The van der Waals surface area contributed by atoms with Crippen molar-refractivity contribution in [2.75, 3.05) is 5.32 Å². The predicted octanol–water partition coefficient (Wildman–Crippen LogP) is 4.21. The largest absolute Gasteiger partial charge is 0.573 e. The topological polar surface area (TPSA) is 60.3 Å². The molecule has 0 bridgehead atoms. The Morgan fingerprint density at radius 1 is 1.04 bits per heavy atom. The minimum Gasteiger partial charge on any atom is -0.406 e. The molecule has 0 aliphatic rings. The summed E-state index contributed by atoms with van der Waals surface area (Å²) < 4.78 is 42.1. The third-order valence-electron chi connectivity index (χ3n) is 4.18. The summed E-state index contributed by atoms with van der Waals surface area (Å²) in [4.78, 5) is 25.0. The summed E-state index contributed by atoms with van der Waals surface area (Å²) in [6.07, 6.45) is -4.80. The molecule has 1 aromatic heterocycles. The van der Waals surface area contributed by atoms with Crippen LogP contribution in [0.4, 0.5) is 18.9 Å². The maximum absolute atomic E-state index is 12.7. The molecule has 1 heterocycles. The fourth-order valence-corrected chi connectivity index (χ4v) is 2.85. The summed E-state index contributed by atoms with van der Waals surface area (Å²) in [7, 11) is 1.80. The van der Waals surface area contributed by atoms with E-state index in [0.29, 0.717) is 16.6 Å². The molecule has 5 nitrogen and oxygen atoms in total. The highest BCUT2D eigenvalue weighted by molar-refractivity contribution is 6.48. The van der Waals surface area contributed by atoms with Crippen molar-refractivity contribution >= 4 is 28.3 Å². The summed E-state index contributed by atoms with van der Waals surface area (Å²) in [6.45, 7) is 1.74. The number of ether oxygens (including phenoxy) is 1. The van der Waals surface area contributed by atoms with Crippen molar-refractivity contribution in [2.24, 2.45) is 7.05 Å². The zero-order valence-corrected chi connectivity index (χ0v) is 14.4. The number of hydrogen-bond acceptors (Lipinski definition) is 3. The van der Waals surface area contributed by atoms with Crippen molar-refractivity contribution in [1.82, 2.24) is 4.57 Å². The second kappa shape index (κ2) is 6.79. The number of hydrogen-bond donors (Lipinski definition) is 1. The van der Waals surface area contributed by atoms with E-state index in [0.717, 1.165) is 17.6 Å². The lowest BCUT2D eigenvalue weighted by molar-refractivity contribution is -0.274. The van der Waals surface area contributed by atoms with E-state index in [1.54, 1.807) is 26.1 Å². The first-order valence-corrected chi connectivity index (χ1v) is 7.93. The minimum atomic E-state index is -4.80. The van der Waals surface area contributed by atoms with Gasteiger partial charge in [0, 0.05) is 29.3 Å². The van der Waals surface area contributed by atoms with Gasteiger partial charge in [-0.15, -0.1) is 13.2 Å². The number of fused-ring (bicyclic) bond motifs is 1. The normalized spacial score (nSPS) is 11.4. The molecule has 0 spiro atoms. The number of nitrogens with zero attached hydrogens (tertiary/aromatic N) is 1. The van der Waals surface area contributed by atoms with Crippen molar-refractivity contribution in [3.63, 3.8) is 0 Å². The molecule has 1 amide bonds. The molecule has 3 aromatic rings. The summed E-state index contributed by atoms with van der Waals surface area (Å²) in [5.41, 5.74) is 1.94. The molecule has 0 fully saturated rings. The highest BCUT2D eigenvalue weighted by atomic mass is 19.4. The monoisotopic (exact) mass is 376 g/mol. The highest BCUT2D eigenvalue weighted by Gasteiger charge is 2.31. The van der Waals surface area contributed by atoms with Crippen LogP contribution in [0.5, 0.6) is 5.75 Å². The molecule has 2 aromatic carbocycles. The Bertz CT molecular complexity index is 1020. The van der Waals surface area contributed by atoms with E-state index in [9.17, 15) is 22.8 Å². The van der Waals surface area contributed by atoms with Crippen LogP contribution in [-0.4, -0.2) is 22.6 Å². The molecule has 1 N–H and O–H groups in total. The van der Waals surface area contributed by atoms with Crippen LogP contribution in [0.15, 0.2) is 48.5 Å². The fourth-order valence-electron chi connectivity index (χ4n) is 2.85. The smallest absolute Gasteiger partial charge is 0.406 e. The molecule has 0 unspecified atom stereocenters. The van der Waals surface area contributed by atoms with Gasteiger partial charge >= 0.3 is 6.36 Å². The Balaban J connectivity index is 1.81. The summed E-state index contributed by atoms with van der Waals surface area (Å²) in [6, 6.07) is 11.8. The van der Waals surface area contributed by atoms with Crippen LogP contribution < -0.4 is 10.1 Å². The van der Waals surface area contributed by atoms with E-state index in [4.69, 9.17) is 0 Å². The van der Waals surface area contributed by atoms with Gasteiger partial charge in [-0.3, -0.25) is 9.59 Å². The SMILES string of the molecule is Cc1c(C(=O)C(=O)Nc2ccc(OC(F)(F)F)cc2)c2ccccc2n1C. The molecule has 0 saturated heterocycles. The maximum atomic E-state index is 12.7. The number of alkyl halides is 3. The lowest BCUT2D eigenvalue weighted by atomic mass is 10.1. The number of rotatable bonds is 4. The van der Waals surface area contributed by atoms with Crippen LogP contribution in [0, 0.1) is 6.92 Å². The number of para-hydroxylation sites is 1. The predicted molar refractivity (Wildman–Crippen MR) is 93.7 cm³/mol. The number of benzene rings is 2. The second-order valence-corrected chi connectivity index (χ2v) is 5.89. The van der Waals surface area contributed by atoms with Crippen molar-refractivity contribution in [1.29, 1.82) is 0 Å². The average Bonchev–Trinajstić information content (AvgIpc) is 2.86. The standard InChI is InChI=1S/C19H15F3N2O3/c1-11-16(14-5-3-4-6-15(14)24(11)2)17(25)18(26)23-12-7-9-13(10-8-12)27-19(20,21)22/h3-10H,1-2H3,(H,23,26). The number of anilines is 1. The third kappa shape index (κ3) is 3.79. The van der Waals surface area contributed by atoms with E-state index in [1.165, 1.54) is 12.1 Å². The number of halogens is 3. The Hall–Kier alpha value is -3.29. The van der Waals surface area contributed by atoms with Crippen molar-refractivity contribution < 1.29 is 27.5 Å². The van der Waals surface area contributed by atoms with Crippen molar-refractivity contribution in [3.05, 3.63) is 59.8 Å². The molecule has 140 valence electrons. The Labute approximate surface area is 152 Å². The van der Waals surface area contributed by atoms with Gasteiger partial charge in [0.15, 0.2) is 0 Å². The minimum absolute atomic E-state index is 0.181. The molecular weight excluding hydrogens is 361 g/mol. The number of Topliss-reactive ketones (excluding diaryl/α,β-unsaturated/α-hetero) is 1. The number of aromatic nitrogens is 1. The van der Waals surface area contributed by atoms with Gasteiger partial charge in [0.05, 0.1) is 5.56 Å². The van der Waals surface area contributed by atoms with Gasteiger partial charge in [-0.25, -0.2) is 0 Å². The van der Waals surface area contributed by atoms with Gasteiger partial charge in [0.2, 0.25) is 0 Å². The number of carbonyl (C=O) groups is 2. The van der Waals surface area contributed by atoms with Crippen LogP contribution in [-0.2, 0) is 11.8 Å². The Morgan fingerprint density at radius 3 is 2.30 bits per heavy atom. The number of nitrogens with one attached hydrogen (secondary N) is 1. The van der Waals surface area contributed by atoms with E-state index in [1.807, 2.05) is 16.7 Å². The zero-order valence-electron chi connectivity index (χ0n) is 14.4. The van der Waals surface area contributed by atoms with Crippen LogP contribution in [0.3, 0.4) is 0 Å². The number of carbonyl (C=O) groups excluding carboxylic acids is 2. The van der Waals surface area contributed by atoms with E-state index < -0.39 is 23.8 Å². The first kappa shape index (κ1) is 18.5. The number of aryl methyl sites for hydroxylation is 1. The molecule has 0 aliphatic carbocycles. The van der Waals surface area contributed by atoms with E-state index in [2.05, 4.69) is 10.1 Å². The van der Waals surface area contributed by atoms with Crippen LogP contribution >= 0.6 is 0 Å². The quantitative estimate of drug-likeness (QED) is 0.548. The molecule has 3 rings (SSSR count). The average molecular weight is 376 g/mol. The van der Waals surface area contributed by atoms with Gasteiger partial charge in [-0.1, -0.05) is 18.2 Å². The molecule has 0 atom stereocenters. The lowest BCUT2D eigenvalue weighted by Crippen LogP contribution is -2.23. The first-order chi connectivity index (χ1) is 12.7. The molecule has 0 radical (unpaired) electrons. The number of amides is 1. The second-order valence-electron chi connectivity index (χ2n) is 5.89. The zero-order chi connectivity index (χ0) is 19.8. The highest BCUT2D eigenvalue weighted by Crippen LogP contribution is 2.26. The van der Waals surface area contributed by atoms with Gasteiger partial charge < -0.3 is 14.6 Å². The van der Waals surface area contributed by atoms with Crippen LogP contribution in [0.25, 0.3) is 10.9 Å². The lowest BCUT2D eigenvalue weighted by Gasteiger charge is -2.10. The van der Waals surface area contributed by atoms with Crippen LogP contribution in [0.2, 0.25) is 0 Å². The van der Waals surface area contributed by atoms with Crippen LogP contribution in [0.1, 0.15) is 16.1 Å². The summed E-state index contributed by atoms with van der Waals surface area (Å²) >= 11 is 0. The third-order valence-corrected chi connectivity index (χ3v) is 4.18. The summed E-state index contributed by atoms with van der Waals surface area (Å²) in [5.74, 6) is -2.02. The van der Waals surface area contributed by atoms with Crippen molar-refractivity contribution in [2.45, 2.75) is 13.3 Å². The molecule has 0 aliphatic heterocycles. The van der Waals surface area contributed by atoms with Gasteiger partial charge in [-0.05, 0) is 37.3 Å². The van der Waals surface area contributed by atoms with Gasteiger partial charge in [-0.2, -0.15) is 0 Å². The summed E-state index contributed by atoms with van der Waals surface area (Å²) in [5, 5.41) is 3.06. The van der Waals surface area contributed by atoms with E-state index >= 15 is 0 Å². The fraction of sp³-hybridized carbons (Fsp3) is 0.158. The molecular formula is C19H15F3N2O3. The van der Waals surface area contributed by atoms with Crippen molar-refractivity contribution in [3.8, 4) is 5.75 Å². The maximum Gasteiger partial charge on any atom is 0.573 e. The molecule has 0 saturated carbocycles. The Kier molecular flexibility index (Phi) is 4.65. The van der Waals surface area contributed by atoms with Gasteiger partial charge in [0.1, 0.15) is 5.75 Å². The number of ketones is 1. The molecule has 8 heteroatoms. The Morgan fingerprint density at radius 2 is 1.67 bits per heavy atom. The molecule has 27 heavy (non-hydrogen) atoms. The first-order valence-electron chi connectivity index (χ1n) is 7.93.